The monoisotopic (exact) mass is 293 g/mol. The number of hydrogen-bond donors (Lipinski definition) is 1. The van der Waals surface area contributed by atoms with Crippen molar-refractivity contribution in [2.75, 3.05) is 5.32 Å². The number of anilines is 1. The molecule has 1 aliphatic rings. The van der Waals surface area contributed by atoms with Gasteiger partial charge >= 0.3 is 6.18 Å². The fourth-order valence-corrected chi connectivity index (χ4v) is 1.97. The number of fused-ring (bicyclic) bond motifs is 1. The van der Waals surface area contributed by atoms with Crippen molar-refractivity contribution in [1.82, 2.24) is 0 Å². The number of ketones is 1. The Hall–Kier alpha value is -1.04. The van der Waals surface area contributed by atoms with Gasteiger partial charge in [0.1, 0.15) is 6.04 Å². The largest absolute Gasteiger partial charge is 0.408 e. The quantitative estimate of drug-likeness (QED) is 0.794. The molecule has 0 radical (unpaired) electrons. The molecule has 1 heterocycles. The Kier molecular flexibility index (Phi) is 2.69. The van der Waals surface area contributed by atoms with Crippen LogP contribution in [0, 0.1) is 0 Å². The average Bonchev–Trinajstić information content (AvgIpc) is 2.17. The number of hydrogen-bond acceptors (Lipinski definition) is 2. The molecule has 0 saturated carbocycles. The molecule has 1 atom stereocenters. The van der Waals surface area contributed by atoms with Crippen LogP contribution in [0.15, 0.2) is 22.7 Å². The number of benzene rings is 1. The molecule has 0 aromatic heterocycles. The fraction of sp³-hybridized carbons (Fsp3) is 0.300. The van der Waals surface area contributed by atoms with Gasteiger partial charge in [0, 0.05) is 22.1 Å². The van der Waals surface area contributed by atoms with Crippen molar-refractivity contribution >= 4 is 27.4 Å². The molecule has 16 heavy (non-hydrogen) atoms. The van der Waals surface area contributed by atoms with Crippen LogP contribution in [0.5, 0.6) is 0 Å². The van der Waals surface area contributed by atoms with Crippen LogP contribution in [0.4, 0.5) is 18.9 Å². The maximum absolute atomic E-state index is 12.5. The van der Waals surface area contributed by atoms with E-state index in [1.807, 2.05) is 0 Å². The highest BCUT2D eigenvalue weighted by atomic mass is 79.9. The molecule has 1 aromatic carbocycles. The minimum absolute atomic E-state index is 0.238. The Labute approximate surface area is 98.0 Å². The molecular weight excluding hydrogens is 287 g/mol. The van der Waals surface area contributed by atoms with Crippen molar-refractivity contribution in [2.24, 2.45) is 0 Å². The lowest BCUT2D eigenvalue weighted by atomic mass is 9.96. The van der Waals surface area contributed by atoms with E-state index in [0.717, 1.165) is 0 Å². The number of nitrogens with one attached hydrogen (secondary N) is 1. The van der Waals surface area contributed by atoms with Gasteiger partial charge in [-0.1, -0.05) is 15.9 Å². The van der Waals surface area contributed by atoms with Crippen molar-refractivity contribution in [3.8, 4) is 0 Å². The summed E-state index contributed by atoms with van der Waals surface area (Å²) in [6.07, 6.45) is -4.95. The van der Waals surface area contributed by atoms with Crippen LogP contribution < -0.4 is 5.32 Å². The number of Topliss-reactive ketones (excluding diaryl/α,β-unsaturated/α-hetero) is 1. The molecule has 1 N–H and O–H groups in total. The van der Waals surface area contributed by atoms with Gasteiger partial charge in [-0.25, -0.2) is 0 Å². The second-order valence-corrected chi connectivity index (χ2v) is 4.47. The first-order chi connectivity index (χ1) is 7.38. The normalized spacial score (nSPS) is 20.2. The van der Waals surface area contributed by atoms with Crippen LogP contribution in [0.2, 0.25) is 0 Å². The van der Waals surface area contributed by atoms with Gasteiger partial charge < -0.3 is 5.32 Å². The Bertz CT molecular complexity index is 444. The molecular formula is C10H7BrF3NO. The molecule has 2 nitrogen and oxygen atoms in total. The Morgan fingerprint density at radius 3 is 2.69 bits per heavy atom. The summed E-state index contributed by atoms with van der Waals surface area (Å²) >= 11 is 3.17. The second kappa shape index (κ2) is 3.76. The van der Waals surface area contributed by atoms with Crippen LogP contribution in [-0.2, 0) is 0 Å². The topological polar surface area (TPSA) is 29.1 Å². The maximum atomic E-state index is 12.5. The highest BCUT2D eigenvalue weighted by Gasteiger charge is 2.43. The highest BCUT2D eigenvalue weighted by molar-refractivity contribution is 9.10. The molecule has 1 unspecified atom stereocenters. The van der Waals surface area contributed by atoms with E-state index in [2.05, 4.69) is 21.2 Å². The summed E-state index contributed by atoms with van der Waals surface area (Å²) in [6, 6.07) is 2.80. The van der Waals surface area contributed by atoms with Crippen molar-refractivity contribution < 1.29 is 18.0 Å². The number of carbonyl (C=O) groups excluding carboxylic acids is 1. The van der Waals surface area contributed by atoms with E-state index in [-0.39, 0.29) is 5.69 Å². The molecule has 2 rings (SSSR count). The predicted molar refractivity (Wildman–Crippen MR) is 56.6 cm³/mol. The molecule has 6 heteroatoms. The van der Waals surface area contributed by atoms with Gasteiger partial charge in [0.2, 0.25) is 0 Å². The van der Waals surface area contributed by atoms with Crippen molar-refractivity contribution in [3.63, 3.8) is 0 Å². The van der Waals surface area contributed by atoms with E-state index in [0.29, 0.717) is 10.0 Å². The van der Waals surface area contributed by atoms with E-state index in [9.17, 15) is 18.0 Å². The fourth-order valence-electron chi connectivity index (χ4n) is 1.60. The zero-order valence-electron chi connectivity index (χ0n) is 7.94. The lowest BCUT2D eigenvalue weighted by molar-refractivity contribution is -0.142. The van der Waals surface area contributed by atoms with Gasteiger partial charge in [-0.3, -0.25) is 4.79 Å². The molecule has 0 saturated heterocycles. The Balaban J connectivity index is 2.38. The summed E-state index contributed by atoms with van der Waals surface area (Å²) in [5, 5.41) is 2.33. The van der Waals surface area contributed by atoms with Gasteiger partial charge in [0.05, 0.1) is 0 Å². The van der Waals surface area contributed by atoms with Gasteiger partial charge in [-0.05, 0) is 18.2 Å². The molecule has 0 fully saturated rings. The third kappa shape index (κ3) is 2.07. The predicted octanol–water partition coefficient (Wildman–Crippen LogP) is 3.38. The summed E-state index contributed by atoms with van der Waals surface area (Å²) in [4.78, 5) is 11.5. The molecule has 0 amide bonds. The number of carbonyl (C=O) groups is 1. The lowest BCUT2D eigenvalue weighted by Crippen LogP contribution is -2.41. The van der Waals surface area contributed by atoms with E-state index >= 15 is 0 Å². The number of alkyl halides is 3. The van der Waals surface area contributed by atoms with Gasteiger partial charge in [-0.15, -0.1) is 0 Å². The first-order valence-electron chi connectivity index (χ1n) is 4.54. The van der Waals surface area contributed by atoms with Crippen molar-refractivity contribution in [2.45, 2.75) is 18.6 Å². The summed E-state index contributed by atoms with van der Waals surface area (Å²) in [5.41, 5.74) is 0.539. The first-order valence-corrected chi connectivity index (χ1v) is 5.33. The molecule has 86 valence electrons. The van der Waals surface area contributed by atoms with Gasteiger partial charge in [-0.2, -0.15) is 13.2 Å². The van der Waals surface area contributed by atoms with Crippen LogP contribution in [0.3, 0.4) is 0 Å². The minimum atomic E-state index is -4.40. The third-order valence-corrected chi connectivity index (χ3v) is 2.89. The summed E-state index contributed by atoms with van der Waals surface area (Å²) in [5.74, 6) is -0.489. The Morgan fingerprint density at radius 1 is 1.38 bits per heavy atom. The summed E-state index contributed by atoms with van der Waals surface area (Å²) < 4.78 is 38.1. The average molecular weight is 294 g/mol. The molecule has 0 aliphatic carbocycles. The van der Waals surface area contributed by atoms with E-state index in [1.54, 1.807) is 6.07 Å². The highest BCUT2D eigenvalue weighted by Crippen LogP contribution is 2.34. The summed E-state index contributed by atoms with van der Waals surface area (Å²) in [6.45, 7) is 0. The van der Waals surface area contributed by atoms with Crippen molar-refractivity contribution in [3.05, 3.63) is 28.2 Å². The zero-order valence-corrected chi connectivity index (χ0v) is 9.52. The standard InChI is InChI=1S/C10H7BrF3NO/c11-5-1-2-7-6(3-5)8(16)4-9(15-7)10(12,13)14/h1-3,9,15H,4H2. The first kappa shape index (κ1) is 11.4. The summed E-state index contributed by atoms with van der Waals surface area (Å²) in [7, 11) is 0. The maximum Gasteiger partial charge on any atom is 0.408 e. The van der Waals surface area contributed by atoms with Crippen LogP contribution in [-0.4, -0.2) is 18.0 Å². The van der Waals surface area contributed by atoms with Crippen LogP contribution in [0.25, 0.3) is 0 Å². The van der Waals surface area contributed by atoms with Crippen molar-refractivity contribution in [1.29, 1.82) is 0 Å². The smallest absolute Gasteiger partial charge is 0.373 e. The van der Waals surface area contributed by atoms with Gasteiger partial charge in [0.25, 0.3) is 0 Å². The van der Waals surface area contributed by atoms with Crippen LogP contribution in [0.1, 0.15) is 16.8 Å². The number of halogens is 4. The van der Waals surface area contributed by atoms with Gasteiger partial charge in [0.15, 0.2) is 5.78 Å². The minimum Gasteiger partial charge on any atom is -0.373 e. The van der Waals surface area contributed by atoms with E-state index in [4.69, 9.17) is 0 Å². The third-order valence-electron chi connectivity index (χ3n) is 2.40. The zero-order chi connectivity index (χ0) is 11.9. The molecule has 0 spiro atoms. The number of rotatable bonds is 0. The molecule has 0 bridgehead atoms. The van der Waals surface area contributed by atoms with Crippen LogP contribution >= 0.6 is 15.9 Å². The van der Waals surface area contributed by atoms with E-state index < -0.39 is 24.4 Å². The lowest BCUT2D eigenvalue weighted by Gasteiger charge is -2.27. The molecule has 1 aliphatic heterocycles. The van der Waals surface area contributed by atoms with E-state index in [1.165, 1.54) is 12.1 Å². The second-order valence-electron chi connectivity index (χ2n) is 3.56. The molecule has 1 aromatic rings. The SMILES string of the molecule is O=C1CC(C(F)(F)F)Nc2ccc(Br)cc21. The Morgan fingerprint density at radius 2 is 2.06 bits per heavy atom.